The van der Waals surface area contributed by atoms with Crippen molar-refractivity contribution in [1.29, 1.82) is 0 Å². The summed E-state index contributed by atoms with van der Waals surface area (Å²) in [4.78, 5) is 15.5. The number of hydrogen-bond donors (Lipinski definition) is 0. The van der Waals surface area contributed by atoms with Crippen molar-refractivity contribution in [3.05, 3.63) is 40.0 Å². The Morgan fingerprint density at radius 3 is 2.65 bits per heavy atom. The molecule has 3 heteroatoms. The Hall–Kier alpha value is -1.41. The number of fused-ring (bicyclic) bond motifs is 1. The summed E-state index contributed by atoms with van der Waals surface area (Å²) in [5.41, 5.74) is 3.45. The average molecular weight is 248 g/mol. The number of aryl methyl sites for hydroxylation is 1. The van der Waals surface area contributed by atoms with Crippen molar-refractivity contribution in [3.8, 4) is 0 Å². The number of aromatic nitrogens is 1. The molecule has 0 bridgehead atoms. The highest BCUT2D eigenvalue weighted by molar-refractivity contribution is 6.32. The molecule has 0 atom stereocenters. The number of hydrogen-bond acceptors (Lipinski definition) is 2. The van der Waals surface area contributed by atoms with Crippen molar-refractivity contribution in [2.45, 2.75) is 26.7 Å². The molecular weight excluding hydrogens is 234 g/mol. The average Bonchev–Trinajstić information content (AvgIpc) is 2.28. The fourth-order valence-corrected chi connectivity index (χ4v) is 2.40. The molecule has 88 valence electrons. The van der Waals surface area contributed by atoms with Crippen molar-refractivity contribution in [3.63, 3.8) is 0 Å². The first-order valence-corrected chi connectivity index (χ1v) is 5.98. The lowest BCUT2D eigenvalue weighted by molar-refractivity contribution is 0.112. The Balaban J connectivity index is 2.98. The van der Waals surface area contributed by atoms with Gasteiger partial charge in [-0.1, -0.05) is 43.6 Å². The molecule has 1 heterocycles. The van der Waals surface area contributed by atoms with Crippen molar-refractivity contribution >= 4 is 28.8 Å². The molecule has 0 saturated carbocycles. The summed E-state index contributed by atoms with van der Waals surface area (Å²) in [7, 11) is 0. The van der Waals surface area contributed by atoms with Crippen LogP contribution in [0.5, 0.6) is 0 Å². The van der Waals surface area contributed by atoms with Gasteiger partial charge >= 0.3 is 0 Å². The minimum Gasteiger partial charge on any atom is -0.298 e. The van der Waals surface area contributed by atoms with Crippen LogP contribution < -0.4 is 0 Å². The van der Waals surface area contributed by atoms with Crippen molar-refractivity contribution < 1.29 is 4.79 Å². The Bertz CT molecular complexity index is 590. The molecule has 0 aliphatic rings. The van der Waals surface area contributed by atoms with Gasteiger partial charge in [0.15, 0.2) is 6.29 Å². The van der Waals surface area contributed by atoms with E-state index >= 15 is 0 Å². The molecule has 0 amide bonds. The molecule has 2 aromatic rings. The van der Waals surface area contributed by atoms with E-state index in [1.54, 1.807) is 0 Å². The number of benzene rings is 1. The van der Waals surface area contributed by atoms with Gasteiger partial charge in [-0.15, -0.1) is 0 Å². The lowest BCUT2D eigenvalue weighted by atomic mass is 9.93. The van der Waals surface area contributed by atoms with Gasteiger partial charge in [-0.3, -0.25) is 4.79 Å². The van der Waals surface area contributed by atoms with Gasteiger partial charge in [0, 0.05) is 5.39 Å². The van der Waals surface area contributed by atoms with Gasteiger partial charge in [0.25, 0.3) is 0 Å². The van der Waals surface area contributed by atoms with Crippen molar-refractivity contribution in [2.75, 3.05) is 0 Å². The van der Waals surface area contributed by atoms with E-state index in [2.05, 4.69) is 18.8 Å². The van der Waals surface area contributed by atoms with Crippen LogP contribution in [0.2, 0.25) is 5.15 Å². The number of pyridine rings is 1. The van der Waals surface area contributed by atoms with Crippen molar-refractivity contribution in [1.82, 2.24) is 4.98 Å². The quantitative estimate of drug-likeness (QED) is 0.590. The molecule has 0 saturated heterocycles. The standard InChI is InChI=1S/C14H14ClNO/c1-8(2)12-10-6-4-5-9(3)13(10)16-14(15)11(12)7-17/h4-8H,1-3H3. The molecule has 0 unspecified atom stereocenters. The zero-order valence-electron chi connectivity index (χ0n) is 10.1. The van der Waals surface area contributed by atoms with Gasteiger partial charge in [0.05, 0.1) is 11.1 Å². The van der Waals surface area contributed by atoms with E-state index in [-0.39, 0.29) is 5.92 Å². The number of rotatable bonds is 2. The summed E-state index contributed by atoms with van der Waals surface area (Å²) >= 11 is 6.08. The molecule has 1 aromatic carbocycles. The topological polar surface area (TPSA) is 30.0 Å². The molecule has 0 N–H and O–H groups in total. The Morgan fingerprint density at radius 2 is 2.06 bits per heavy atom. The third-order valence-corrected chi connectivity index (χ3v) is 3.23. The SMILES string of the molecule is Cc1cccc2c(C(C)C)c(C=O)c(Cl)nc12. The maximum atomic E-state index is 11.2. The van der Waals surface area contributed by atoms with E-state index in [0.29, 0.717) is 10.7 Å². The van der Waals surface area contributed by atoms with E-state index in [9.17, 15) is 4.79 Å². The normalized spacial score (nSPS) is 11.1. The van der Waals surface area contributed by atoms with Crippen LogP contribution in [-0.4, -0.2) is 11.3 Å². The summed E-state index contributed by atoms with van der Waals surface area (Å²) in [5.74, 6) is 0.236. The minimum absolute atomic E-state index is 0.236. The number of aldehydes is 1. The molecule has 1 aromatic heterocycles. The monoisotopic (exact) mass is 247 g/mol. The first-order valence-electron chi connectivity index (χ1n) is 5.60. The smallest absolute Gasteiger partial charge is 0.153 e. The highest BCUT2D eigenvalue weighted by Gasteiger charge is 2.16. The summed E-state index contributed by atoms with van der Waals surface area (Å²) in [6.07, 6.45) is 0.798. The zero-order valence-corrected chi connectivity index (χ0v) is 10.9. The number of nitrogens with zero attached hydrogens (tertiary/aromatic N) is 1. The highest BCUT2D eigenvalue weighted by atomic mass is 35.5. The second-order valence-electron chi connectivity index (χ2n) is 4.47. The first kappa shape index (κ1) is 12.1. The number of carbonyl (C=O) groups excluding carboxylic acids is 1. The number of carbonyl (C=O) groups is 1. The second-order valence-corrected chi connectivity index (χ2v) is 4.83. The maximum absolute atomic E-state index is 11.2. The van der Waals surface area contributed by atoms with Crippen LogP contribution >= 0.6 is 11.6 Å². The molecule has 17 heavy (non-hydrogen) atoms. The molecule has 0 aliphatic heterocycles. The van der Waals surface area contributed by atoms with E-state index in [1.807, 2.05) is 25.1 Å². The van der Waals surface area contributed by atoms with Gasteiger partial charge in [-0.2, -0.15) is 0 Å². The lowest BCUT2D eigenvalue weighted by Crippen LogP contribution is -2.01. The number of para-hydroxylation sites is 1. The Kier molecular flexibility index (Phi) is 3.16. The summed E-state index contributed by atoms with van der Waals surface area (Å²) in [6, 6.07) is 5.97. The molecule has 0 radical (unpaired) electrons. The van der Waals surface area contributed by atoms with E-state index in [0.717, 1.165) is 28.3 Å². The Morgan fingerprint density at radius 1 is 1.35 bits per heavy atom. The third kappa shape index (κ3) is 1.93. The van der Waals surface area contributed by atoms with Crippen LogP contribution in [-0.2, 0) is 0 Å². The van der Waals surface area contributed by atoms with Crippen LogP contribution in [0, 0.1) is 6.92 Å². The molecule has 2 nitrogen and oxygen atoms in total. The van der Waals surface area contributed by atoms with E-state index in [4.69, 9.17) is 11.6 Å². The van der Waals surface area contributed by atoms with Gasteiger partial charge in [0.1, 0.15) is 5.15 Å². The van der Waals surface area contributed by atoms with Crippen molar-refractivity contribution in [2.24, 2.45) is 0 Å². The van der Waals surface area contributed by atoms with Crippen LogP contribution in [0.25, 0.3) is 10.9 Å². The molecular formula is C14H14ClNO. The van der Waals surface area contributed by atoms with Crippen LogP contribution in [0.1, 0.15) is 41.3 Å². The fraction of sp³-hybridized carbons (Fsp3) is 0.286. The molecule has 0 spiro atoms. The van der Waals surface area contributed by atoms with E-state index < -0.39 is 0 Å². The van der Waals surface area contributed by atoms with E-state index in [1.165, 1.54) is 0 Å². The van der Waals surface area contributed by atoms with Crippen LogP contribution in [0.15, 0.2) is 18.2 Å². The Labute approximate surface area is 106 Å². The predicted octanol–water partition coefficient (Wildman–Crippen LogP) is 4.13. The van der Waals surface area contributed by atoms with Gasteiger partial charge < -0.3 is 0 Å². The van der Waals surface area contributed by atoms with Crippen LogP contribution in [0.3, 0.4) is 0 Å². The second kappa shape index (κ2) is 4.46. The number of halogens is 1. The first-order chi connectivity index (χ1) is 8.06. The maximum Gasteiger partial charge on any atom is 0.153 e. The summed E-state index contributed by atoms with van der Waals surface area (Å²) in [5, 5.41) is 1.32. The minimum atomic E-state index is 0.236. The summed E-state index contributed by atoms with van der Waals surface area (Å²) < 4.78 is 0. The zero-order chi connectivity index (χ0) is 12.6. The molecule has 2 rings (SSSR count). The predicted molar refractivity (Wildman–Crippen MR) is 71.0 cm³/mol. The fourth-order valence-electron chi connectivity index (χ4n) is 2.17. The van der Waals surface area contributed by atoms with Gasteiger partial charge in [-0.05, 0) is 24.0 Å². The van der Waals surface area contributed by atoms with Crippen LogP contribution in [0.4, 0.5) is 0 Å². The van der Waals surface area contributed by atoms with Gasteiger partial charge in [-0.25, -0.2) is 4.98 Å². The highest BCUT2D eigenvalue weighted by Crippen LogP contribution is 2.32. The largest absolute Gasteiger partial charge is 0.298 e. The third-order valence-electron chi connectivity index (χ3n) is 2.95. The summed E-state index contributed by atoms with van der Waals surface area (Å²) in [6.45, 7) is 6.11. The molecule has 0 aliphatic carbocycles. The van der Waals surface area contributed by atoms with Gasteiger partial charge in [0.2, 0.25) is 0 Å². The lowest BCUT2D eigenvalue weighted by Gasteiger charge is -2.14. The molecule has 0 fully saturated rings.